The van der Waals surface area contributed by atoms with E-state index in [1.807, 2.05) is 0 Å². The van der Waals surface area contributed by atoms with Crippen molar-refractivity contribution in [2.45, 2.75) is 6.61 Å². The van der Waals surface area contributed by atoms with Gasteiger partial charge >= 0.3 is 0 Å². The quantitative estimate of drug-likeness (QED) is 0.648. The van der Waals surface area contributed by atoms with Gasteiger partial charge in [0.15, 0.2) is 13.1 Å². The largest absolute Gasteiger partial charge is 0.466 e. The highest BCUT2D eigenvalue weighted by Gasteiger charge is 2.15. The number of hydrogen-bond donors (Lipinski definition) is 0. The first-order valence-corrected chi connectivity index (χ1v) is 4.17. The van der Waals surface area contributed by atoms with Gasteiger partial charge < -0.3 is 9.47 Å². The summed E-state index contributed by atoms with van der Waals surface area (Å²) < 4.78 is 10.2. The molecule has 2 rings (SSSR count). The number of rotatable bonds is 1. The van der Waals surface area contributed by atoms with Crippen molar-refractivity contribution in [3.05, 3.63) is 28.3 Å². The van der Waals surface area contributed by atoms with Crippen LogP contribution in [0.5, 0.6) is 5.75 Å². The molecule has 0 amide bonds. The summed E-state index contributed by atoms with van der Waals surface area (Å²) in [5.74, 6) is 0.589. The second-order valence-electron chi connectivity index (χ2n) is 2.71. The Bertz CT molecular complexity index is 349. The van der Waals surface area contributed by atoms with Gasteiger partial charge in [0.05, 0.1) is 12.2 Å². The second kappa shape index (κ2) is 3.36. The molecule has 1 heterocycles. The minimum Gasteiger partial charge on any atom is -0.466 e. The first kappa shape index (κ1) is 8.53. The van der Waals surface area contributed by atoms with E-state index >= 15 is 0 Å². The van der Waals surface area contributed by atoms with Crippen LogP contribution >= 0.6 is 11.6 Å². The van der Waals surface area contributed by atoms with E-state index in [1.165, 1.54) is 0 Å². The van der Waals surface area contributed by atoms with Crippen LogP contribution in [0, 0.1) is 0 Å². The molecule has 68 valence electrons. The normalized spacial score (nSPS) is 14.5. The van der Waals surface area contributed by atoms with Gasteiger partial charge in [-0.3, -0.25) is 4.79 Å². The fourth-order valence-electron chi connectivity index (χ4n) is 1.30. The van der Waals surface area contributed by atoms with E-state index in [4.69, 9.17) is 21.1 Å². The molecule has 0 unspecified atom stereocenters. The Hall–Kier alpha value is -1.06. The zero-order chi connectivity index (χ0) is 9.26. The van der Waals surface area contributed by atoms with Crippen LogP contribution in [-0.2, 0) is 11.3 Å². The third-order valence-electron chi connectivity index (χ3n) is 1.83. The van der Waals surface area contributed by atoms with Gasteiger partial charge in [-0.05, 0) is 12.1 Å². The Labute approximate surface area is 80.2 Å². The molecule has 0 fully saturated rings. The number of carbonyl (C=O) groups excluding carboxylic acids is 1. The van der Waals surface area contributed by atoms with Gasteiger partial charge in [-0.2, -0.15) is 0 Å². The zero-order valence-corrected chi connectivity index (χ0v) is 7.50. The predicted molar refractivity (Wildman–Crippen MR) is 47.1 cm³/mol. The van der Waals surface area contributed by atoms with E-state index in [0.29, 0.717) is 22.9 Å². The summed E-state index contributed by atoms with van der Waals surface area (Å²) in [6, 6.07) is 3.32. The highest BCUT2D eigenvalue weighted by atomic mass is 35.5. The van der Waals surface area contributed by atoms with Gasteiger partial charge in [0.2, 0.25) is 0 Å². The minimum atomic E-state index is 0.190. The van der Waals surface area contributed by atoms with Crippen molar-refractivity contribution in [3.63, 3.8) is 0 Å². The molecule has 4 heteroatoms. The SMILES string of the molecule is O=Cc1cc(Cl)cc2c1OCOC2. The summed E-state index contributed by atoms with van der Waals surface area (Å²) in [7, 11) is 0. The molecule has 13 heavy (non-hydrogen) atoms. The second-order valence-corrected chi connectivity index (χ2v) is 3.15. The van der Waals surface area contributed by atoms with E-state index in [-0.39, 0.29) is 6.79 Å². The van der Waals surface area contributed by atoms with Crippen LogP contribution in [0.2, 0.25) is 5.02 Å². The minimum absolute atomic E-state index is 0.190. The molecule has 0 saturated heterocycles. The third-order valence-corrected chi connectivity index (χ3v) is 2.05. The number of carbonyl (C=O) groups is 1. The maximum atomic E-state index is 10.7. The zero-order valence-electron chi connectivity index (χ0n) is 6.75. The molecule has 0 aromatic heterocycles. The molecule has 1 aliphatic heterocycles. The average molecular weight is 199 g/mol. The summed E-state index contributed by atoms with van der Waals surface area (Å²) in [5.41, 5.74) is 1.30. The molecule has 0 spiro atoms. The molecule has 0 radical (unpaired) electrons. The fourth-order valence-corrected chi connectivity index (χ4v) is 1.55. The summed E-state index contributed by atoms with van der Waals surface area (Å²) in [5, 5.41) is 0.523. The van der Waals surface area contributed by atoms with Crippen molar-refractivity contribution in [1.82, 2.24) is 0 Å². The molecular formula is C9H7ClO3. The fraction of sp³-hybridized carbons (Fsp3) is 0.222. The van der Waals surface area contributed by atoms with Crippen LogP contribution in [0.3, 0.4) is 0 Å². The van der Waals surface area contributed by atoms with E-state index in [2.05, 4.69) is 0 Å². The standard InChI is InChI=1S/C9H7ClO3/c10-8-1-6(3-11)9-7(2-8)4-12-5-13-9/h1-3H,4-5H2. The summed E-state index contributed by atoms with van der Waals surface area (Å²) in [4.78, 5) is 10.7. The van der Waals surface area contributed by atoms with Crippen LogP contribution in [0.15, 0.2) is 12.1 Å². The number of aldehydes is 1. The van der Waals surface area contributed by atoms with Gasteiger partial charge in [0.25, 0.3) is 0 Å². The lowest BCUT2D eigenvalue weighted by Crippen LogP contribution is -2.12. The molecule has 0 atom stereocenters. The summed E-state index contributed by atoms with van der Waals surface area (Å²) >= 11 is 5.79. The molecule has 0 saturated carbocycles. The Kier molecular flexibility index (Phi) is 2.20. The summed E-state index contributed by atoms with van der Waals surface area (Å²) in [6.07, 6.45) is 0.732. The van der Waals surface area contributed by atoms with Crippen molar-refractivity contribution in [2.24, 2.45) is 0 Å². The molecule has 0 N–H and O–H groups in total. The average Bonchev–Trinajstić information content (AvgIpc) is 2.16. The molecular weight excluding hydrogens is 192 g/mol. The topological polar surface area (TPSA) is 35.5 Å². The molecule has 1 aliphatic rings. The number of ether oxygens (including phenoxy) is 2. The van der Waals surface area contributed by atoms with Crippen molar-refractivity contribution >= 4 is 17.9 Å². The lowest BCUT2D eigenvalue weighted by Gasteiger charge is -2.18. The van der Waals surface area contributed by atoms with Crippen molar-refractivity contribution in [3.8, 4) is 5.75 Å². The first-order chi connectivity index (χ1) is 6.31. The van der Waals surface area contributed by atoms with Gasteiger partial charge in [0, 0.05) is 10.6 Å². The number of fused-ring (bicyclic) bond motifs is 1. The smallest absolute Gasteiger partial charge is 0.189 e. The third kappa shape index (κ3) is 1.53. The molecule has 0 aliphatic carbocycles. The monoisotopic (exact) mass is 198 g/mol. The lowest BCUT2D eigenvalue weighted by atomic mass is 10.1. The first-order valence-electron chi connectivity index (χ1n) is 3.79. The Morgan fingerprint density at radius 2 is 2.31 bits per heavy atom. The van der Waals surface area contributed by atoms with E-state index in [9.17, 15) is 4.79 Å². The van der Waals surface area contributed by atoms with Crippen molar-refractivity contribution < 1.29 is 14.3 Å². The predicted octanol–water partition coefficient (Wildman–Crippen LogP) is 2.02. The lowest BCUT2D eigenvalue weighted by molar-refractivity contribution is -0.0166. The summed E-state index contributed by atoms with van der Waals surface area (Å²) in [6.45, 7) is 0.631. The number of halogens is 1. The molecule has 0 bridgehead atoms. The highest BCUT2D eigenvalue weighted by Crippen LogP contribution is 2.30. The van der Waals surface area contributed by atoms with Gasteiger partial charge in [-0.25, -0.2) is 0 Å². The van der Waals surface area contributed by atoms with Crippen LogP contribution in [-0.4, -0.2) is 13.1 Å². The maximum Gasteiger partial charge on any atom is 0.189 e. The maximum absolute atomic E-state index is 10.7. The van der Waals surface area contributed by atoms with Gasteiger partial charge in [0.1, 0.15) is 5.75 Å². The Balaban J connectivity index is 2.56. The number of hydrogen-bond acceptors (Lipinski definition) is 3. The van der Waals surface area contributed by atoms with Gasteiger partial charge in [-0.1, -0.05) is 11.6 Å². The number of benzene rings is 1. The highest BCUT2D eigenvalue weighted by molar-refractivity contribution is 6.31. The van der Waals surface area contributed by atoms with Crippen molar-refractivity contribution in [2.75, 3.05) is 6.79 Å². The van der Waals surface area contributed by atoms with E-state index in [1.54, 1.807) is 12.1 Å². The van der Waals surface area contributed by atoms with Gasteiger partial charge in [-0.15, -0.1) is 0 Å². The van der Waals surface area contributed by atoms with E-state index < -0.39 is 0 Å². The molecule has 3 nitrogen and oxygen atoms in total. The Morgan fingerprint density at radius 3 is 3.08 bits per heavy atom. The molecule has 1 aromatic carbocycles. The molecule has 1 aromatic rings. The van der Waals surface area contributed by atoms with Crippen LogP contribution < -0.4 is 4.74 Å². The van der Waals surface area contributed by atoms with Crippen LogP contribution in [0.25, 0.3) is 0 Å². The Morgan fingerprint density at radius 1 is 1.46 bits per heavy atom. The van der Waals surface area contributed by atoms with E-state index in [0.717, 1.165) is 11.8 Å². The van der Waals surface area contributed by atoms with Crippen LogP contribution in [0.1, 0.15) is 15.9 Å². The van der Waals surface area contributed by atoms with Crippen molar-refractivity contribution in [1.29, 1.82) is 0 Å². The van der Waals surface area contributed by atoms with Crippen LogP contribution in [0.4, 0.5) is 0 Å².